The standard InChI is InChI=1S/C32H43BrN6O5/c1-4-15-36(16-5-2)29(41)25-26-30(42)38(18-11-7-8-12-19-40)28(32(26)20-22(33)27(25)44-32)31(43)37(17-6-3)21-39-24-14-10-9-13-23(24)34-35-39/h4,6,9-10,13-14,22,25-28,40H,1,3,5,7-8,11-12,15-21H2,2H3/t22?,25-,26-,27-,28?,32?/m0/s1. The van der Waals surface area contributed by atoms with Gasteiger partial charge in [0, 0.05) is 37.6 Å². The maximum atomic E-state index is 14.7. The molecule has 6 atom stereocenters. The first-order valence-electron chi connectivity index (χ1n) is 15.6. The molecule has 238 valence electrons. The summed E-state index contributed by atoms with van der Waals surface area (Å²) in [5.74, 6) is -2.06. The fourth-order valence-electron chi connectivity index (χ4n) is 7.34. The topological polar surface area (TPSA) is 121 Å². The largest absolute Gasteiger partial charge is 0.396 e. The molecule has 44 heavy (non-hydrogen) atoms. The summed E-state index contributed by atoms with van der Waals surface area (Å²) in [5.41, 5.74) is 0.361. The molecule has 3 fully saturated rings. The van der Waals surface area contributed by atoms with E-state index in [2.05, 4.69) is 39.4 Å². The van der Waals surface area contributed by atoms with Crippen LogP contribution in [0, 0.1) is 11.8 Å². The zero-order valence-electron chi connectivity index (χ0n) is 25.4. The summed E-state index contributed by atoms with van der Waals surface area (Å²) in [6, 6.07) is 6.63. The number of hydrogen-bond donors (Lipinski definition) is 1. The third-order valence-corrected chi connectivity index (χ3v) is 10.0. The maximum Gasteiger partial charge on any atom is 0.250 e. The average Bonchev–Trinajstić information content (AvgIpc) is 3.73. The quantitative estimate of drug-likeness (QED) is 0.166. The molecule has 4 heterocycles. The third-order valence-electron chi connectivity index (χ3n) is 9.16. The Labute approximate surface area is 267 Å². The number of carbonyl (C=O) groups is 3. The summed E-state index contributed by atoms with van der Waals surface area (Å²) < 4.78 is 8.40. The fraction of sp³-hybridized carbons (Fsp3) is 0.594. The molecule has 5 rings (SSSR count). The minimum Gasteiger partial charge on any atom is -0.396 e. The van der Waals surface area contributed by atoms with Crippen LogP contribution < -0.4 is 0 Å². The predicted molar refractivity (Wildman–Crippen MR) is 169 cm³/mol. The van der Waals surface area contributed by atoms with Crippen LogP contribution in [0.3, 0.4) is 0 Å². The lowest BCUT2D eigenvalue weighted by Crippen LogP contribution is -2.57. The van der Waals surface area contributed by atoms with Gasteiger partial charge >= 0.3 is 0 Å². The first kappa shape index (κ1) is 32.3. The van der Waals surface area contributed by atoms with E-state index >= 15 is 0 Å². The molecule has 2 aromatic rings. The number of halogens is 1. The molecule has 0 radical (unpaired) electrons. The molecule has 2 bridgehead atoms. The van der Waals surface area contributed by atoms with E-state index in [-0.39, 0.29) is 42.4 Å². The van der Waals surface area contributed by atoms with E-state index in [1.807, 2.05) is 31.2 Å². The Morgan fingerprint density at radius 3 is 2.59 bits per heavy atom. The van der Waals surface area contributed by atoms with Gasteiger partial charge in [0.25, 0.3) is 0 Å². The van der Waals surface area contributed by atoms with E-state index in [0.717, 1.165) is 30.3 Å². The van der Waals surface area contributed by atoms with Crippen molar-refractivity contribution in [2.45, 2.75) is 74.7 Å². The normalized spacial score (nSPS) is 27.1. The monoisotopic (exact) mass is 670 g/mol. The lowest BCUT2D eigenvalue weighted by atomic mass is 9.70. The minimum atomic E-state index is -1.14. The third kappa shape index (κ3) is 5.72. The van der Waals surface area contributed by atoms with Crippen molar-refractivity contribution in [3.8, 4) is 0 Å². The molecule has 1 spiro atoms. The average molecular weight is 672 g/mol. The van der Waals surface area contributed by atoms with Crippen molar-refractivity contribution in [3.05, 3.63) is 49.6 Å². The Hall–Kier alpha value is -3.09. The van der Waals surface area contributed by atoms with Crippen LogP contribution in [0.4, 0.5) is 0 Å². The van der Waals surface area contributed by atoms with Gasteiger partial charge in [0.2, 0.25) is 17.7 Å². The Balaban J connectivity index is 1.51. The van der Waals surface area contributed by atoms with Crippen LogP contribution in [0.25, 0.3) is 11.0 Å². The molecule has 1 aromatic heterocycles. The highest BCUT2D eigenvalue weighted by Gasteiger charge is 2.76. The number of ether oxygens (including phenoxy) is 1. The molecule has 11 nitrogen and oxygen atoms in total. The second kappa shape index (κ2) is 13.9. The highest BCUT2D eigenvalue weighted by Crippen LogP contribution is 2.60. The summed E-state index contributed by atoms with van der Waals surface area (Å²) in [6.07, 6.45) is 7.04. The zero-order valence-corrected chi connectivity index (χ0v) is 27.0. The van der Waals surface area contributed by atoms with Crippen LogP contribution in [0.2, 0.25) is 0 Å². The molecule has 1 aromatic carbocycles. The number of fused-ring (bicyclic) bond motifs is 2. The number of alkyl halides is 1. The van der Waals surface area contributed by atoms with Gasteiger partial charge in [-0.05, 0) is 37.8 Å². The highest BCUT2D eigenvalue weighted by molar-refractivity contribution is 9.09. The number of likely N-dealkylation sites (tertiary alicyclic amines) is 1. The van der Waals surface area contributed by atoms with Gasteiger partial charge in [-0.3, -0.25) is 14.4 Å². The molecule has 3 aliphatic rings. The van der Waals surface area contributed by atoms with Gasteiger partial charge in [-0.1, -0.05) is 65.2 Å². The Morgan fingerprint density at radius 1 is 1.14 bits per heavy atom. The van der Waals surface area contributed by atoms with Gasteiger partial charge in [0.05, 0.1) is 23.5 Å². The fourth-order valence-corrected chi connectivity index (χ4v) is 8.28. The molecule has 3 saturated heterocycles. The summed E-state index contributed by atoms with van der Waals surface area (Å²) in [4.78, 5) is 48.1. The van der Waals surface area contributed by atoms with E-state index in [9.17, 15) is 19.5 Å². The number of unbranched alkanes of at least 4 members (excludes halogenated alkanes) is 3. The number of aliphatic hydroxyl groups is 1. The number of hydrogen-bond acceptors (Lipinski definition) is 7. The van der Waals surface area contributed by atoms with Gasteiger partial charge < -0.3 is 24.5 Å². The predicted octanol–water partition coefficient (Wildman–Crippen LogP) is 3.13. The Bertz CT molecular complexity index is 1380. The minimum absolute atomic E-state index is 0.118. The molecule has 3 unspecified atom stereocenters. The molecular weight excluding hydrogens is 628 g/mol. The molecule has 1 N–H and O–H groups in total. The van der Waals surface area contributed by atoms with Crippen molar-refractivity contribution in [1.29, 1.82) is 0 Å². The number of benzene rings is 1. The number of para-hydroxylation sites is 1. The van der Waals surface area contributed by atoms with Gasteiger partial charge in [-0.2, -0.15) is 0 Å². The summed E-state index contributed by atoms with van der Waals surface area (Å²) in [6.45, 7) is 11.5. The molecule has 12 heteroatoms. The first-order valence-corrected chi connectivity index (χ1v) is 16.5. The van der Waals surface area contributed by atoms with Gasteiger partial charge in [0.1, 0.15) is 23.8 Å². The number of nitrogens with zero attached hydrogens (tertiary/aromatic N) is 6. The van der Waals surface area contributed by atoms with E-state index in [4.69, 9.17) is 4.74 Å². The summed E-state index contributed by atoms with van der Waals surface area (Å²) >= 11 is 3.77. The number of rotatable bonds is 16. The second-order valence-electron chi connectivity index (χ2n) is 12.0. The highest BCUT2D eigenvalue weighted by atomic mass is 79.9. The van der Waals surface area contributed by atoms with Crippen molar-refractivity contribution in [2.24, 2.45) is 11.8 Å². The van der Waals surface area contributed by atoms with Gasteiger partial charge in [-0.15, -0.1) is 18.3 Å². The number of aromatic nitrogens is 3. The number of carbonyl (C=O) groups excluding carboxylic acids is 3. The van der Waals surface area contributed by atoms with Crippen LogP contribution in [0.15, 0.2) is 49.6 Å². The van der Waals surface area contributed by atoms with Crippen LogP contribution in [-0.4, -0.2) is 108 Å². The Kier molecular flexibility index (Phi) is 10.2. The van der Waals surface area contributed by atoms with Crippen LogP contribution in [-0.2, 0) is 25.8 Å². The molecule has 0 saturated carbocycles. The van der Waals surface area contributed by atoms with Crippen molar-refractivity contribution in [2.75, 3.05) is 32.8 Å². The smallest absolute Gasteiger partial charge is 0.250 e. The summed E-state index contributed by atoms with van der Waals surface area (Å²) in [5, 5.41) is 17.8. The number of aliphatic hydroxyl groups excluding tert-OH is 1. The van der Waals surface area contributed by atoms with Crippen LogP contribution >= 0.6 is 15.9 Å². The van der Waals surface area contributed by atoms with Crippen molar-refractivity contribution in [3.63, 3.8) is 0 Å². The zero-order chi connectivity index (χ0) is 31.4. The first-order chi connectivity index (χ1) is 21.3. The van der Waals surface area contributed by atoms with Gasteiger partial charge in [0.15, 0.2) is 0 Å². The second-order valence-corrected chi connectivity index (χ2v) is 13.2. The van der Waals surface area contributed by atoms with Crippen LogP contribution in [0.1, 0.15) is 45.4 Å². The molecule has 3 amide bonds. The van der Waals surface area contributed by atoms with E-state index in [0.29, 0.717) is 38.9 Å². The lowest BCUT2D eigenvalue weighted by Gasteiger charge is -2.37. The molecular formula is C32H43BrN6O5. The molecule has 0 aliphatic carbocycles. The van der Waals surface area contributed by atoms with Crippen molar-refractivity contribution < 1.29 is 24.2 Å². The Morgan fingerprint density at radius 2 is 1.86 bits per heavy atom. The van der Waals surface area contributed by atoms with E-state index in [1.54, 1.807) is 31.5 Å². The SMILES string of the molecule is C=CCN(Cn1nnc2ccccc21)C(=O)C1N(CCCCCCO)C(=O)[C@@H]2[C@H](C(=O)N(CC=C)CCC)[C@H]3OC12CC3Br. The van der Waals surface area contributed by atoms with Gasteiger partial charge in [-0.25, -0.2) is 4.68 Å². The summed E-state index contributed by atoms with van der Waals surface area (Å²) in [7, 11) is 0. The molecule has 3 aliphatic heterocycles. The van der Waals surface area contributed by atoms with Crippen molar-refractivity contribution >= 4 is 44.7 Å². The lowest BCUT2D eigenvalue weighted by molar-refractivity contribution is -0.149. The van der Waals surface area contributed by atoms with Crippen LogP contribution in [0.5, 0.6) is 0 Å². The van der Waals surface area contributed by atoms with Crippen molar-refractivity contribution in [1.82, 2.24) is 29.7 Å². The maximum absolute atomic E-state index is 14.7. The van der Waals surface area contributed by atoms with E-state index < -0.39 is 29.6 Å². The van der Waals surface area contributed by atoms with E-state index in [1.165, 1.54) is 0 Å². The number of amides is 3.